The van der Waals surface area contributed by atoms with Gasteiger partial charge in [0, 0.05) is 13.6 Å². The maximum absolute atomic E-state index is 12.4. The Morgan fingerprint density at radius 1 is 1.31 bits per heavy atom. The standard InChI is InChI=1S/C18H21N5O6/c1-22-15-14(16(27)21-18(22)28)23(17(20-15)19-8-7-13(25)26)9-11(24)10-29-12-5-3-2-4-6-12/h2-6,11,24H,7-10H2,1H3,(H,19,20)(H,25,26)(H,21,27,28). The SMILES string of the molecule is Cn1c(=O)[nH]c(=O)c2c1nc(NCCC(=O)O)n2CC(O)COc1ccccc1. The molecule has 0 fully saturated rings. The zero-order valence-electron chi connectivity index (χ0n) is 15.7. The fraction of sp³-hybridized carbons (Fsp3) is 0.333. The maximum Gasteiger partial charge on any atom is 0.329 e. The van der Waals surface area contributed by atoms with Crippen LogP contribution in [0.4, 0.5) is 5.95 Å². The highest BCUT2D eigenvalue weighted by atomic mass is 16.5. The van der Waals surface area contributed by atoms with Crippen molar-refractivity contribution in [2.24, 2.45) is 7.05 Å². The van der Waals surface area contributed by atoms with Crippen molar-refractivity contribution in [3.05, 3.63) is 51.2 Å². The van der Waals surface area contributed by atoms with Gasteiger partial charge in [0.15, 0.2) is 11.2 Å². The molecule has 11 heteroatoms. The number of benzene rings is 1. The Hall–Kier alpha value is -3.60. The van der Waals surface area contributed by atoms with Crippen molar-refractivity contribution < 1.29 is 19.7 Å². The minimum atomic E-state index is -0.998. The molecule has 11 nitrogen and oxygen atoms in total. The van der Waals surface area contributed by atoms with Crippen LogP contribution in [0.2, 0.25) is 0 Å². The molecule has 3 rings (SSSR count). The number of carboxylic acid groups (broad SMARTS) is 1. The smallest absolute Gasteiger partial charge is 0.329 e. The molecule has 3 aromatic rings. The molecule has 0 radical (unpaired) electrons. The first-order valence-corrected chi connectivity index (χ1v) is 8.88. The molecule has 1 aromatic carbocycles. The van der Waals surface area contributed by atoms with Gasteiger partial charge in [-0.1, -0.05) is 18.2 Å². The summed E-state index contributed by atoms with van der Waals surface area (Å²) in [6, 6.07) is 8.94. The summed E-state index contributed by atoms with van der Waals surface area (Å²) in [5.74, 6) is -0.240. The monoisotopic (exact) mass is 403 g/mol. The number of hydrogen-bond acceptors (Lipinski definition) is 7. The van der Waals surface area contributed by atoms with E-state index < -0.39 is 23.3 Å². The van der Waals surface area contributed by atoms with Gasteiger partial charge in [0.05, 0.1) is 13.0 Å². The number of aliphatic carboxylic acids is 1. The van der Waals surface area contributed by atoms with Crippen LogP contribution in [-0.2, 0) is 18.4 Å². The van der Waals surface area contributed by atoms with E-state index in [1.807, 2.05) is 6.07 Å². The molecule has 1 atom stereocenters. The fourth-order valence-corrected chi connectivity index (χ4v) is 2.80. The van der Waals surface area contributed by atoms with Crippen LogP contribution in [0.3, 0.4) is 0 Å². The lowest BCUT2D eigenvalue weighted by molar-refractivity contribution is -0.136. The van der Waals surface area contributed by atoms with Crippen LogP contribution in [0.25, 0.3) is 11.2 Å². The van der Waals surface area contributed by atoms with Gasteiger partial charge in [-0.15, -0.1) is 0 Å². The third-order valence-electron chi connectivity index (χ3n) is 4.21. The lowest BCUT2D eigenvalue weighted by Gasteiger charge is -2.15. The minimum Gasteiger partial charge on any atom is -0.491 e. The number of carboxylic acids is 1. The van der Waals surface area contributed by atoms with Crippen molar-refractivity contribution in [2.45, 2.75) is 19.1 Å². The molecule has 1 unspecified atom stereocenters. The molecule has 154 valence electrons. The van der Waals surface area contributed by atoms with E-state index in [2.05, 4.69) is 15.3 Å². The predicted octanol–water partition coefficient (Wildman–Crippen LogP) is -0.250. The van der Waals surface area contributed by atoms with Crippen molar-refractivity contribution in [1.82, 2.24) is 19.1 Å². The molecule has 0 amide bonds. The molecular weight excluding hydrogens is 382 g/mol. The van der Waals surface area contributed by atoms with Gasteiger partial charge < -0.3 is 24.8 Å². The number of fused-ring (bicyclic) bond motifs is 1. The van der Waals surface area contributed by atoms with Gasteiger partial charge in [0.1, 0.15) is 18.5 Å². The molecule has 0 bridgehead atoms. The summed E-state index contributed by atoms with van der Waals surface area (Å²) in [6.07, 6.45) is -1.16. The van der Waals surface area contributed by atoms with E-state index in [4.69, 9.17) is 9.84 Å². The number of ether oxygens (including phenoxy) is 1. The van der Waals surface area contributed by atoms with Crippen molar-refractivity contribution in [3.63, 3.8) is 0 Å². The summed E-state index contributed by atoms with van der Waals surface area (Å²) in [6.45, 7) is -0.0386. The summed E-state index contributed by atoms with van der Waals surface area (Å²) < 4.78 is 8.11. The van der Waals surface area contributed by atoms with Crippen molar-refractivity contribution in [1.29, 1.82) is 0 Å². The molecular formula is C18H21N5O6. The number of carbonyl (C=O) groups is 1. The summed E-state index contributed by atoms with van der Waals surface area (Å²) in [5, 5.41) is 22.1. The third kappa shape index (κ3) is 4.63. The number of nitrogens with one attached hydrogen (secondary N) is 2. The van der Waals surface area contributed by atoms with Gasteiger partial charge in [-0.3, -0.25) is 19.1 Å². The number of aromatic amines is 1. The van der Waals surface area contributed by atoms with Crippen molar-refractivity contribution >= 4 is 23.1 Å². The Kier molecular flexibility index (Phi) is 5.98. The third-order valence-corrected chi connectivity index (χ3v) is 4.21. The van der Waals surface area contributed by atoms with Gasteiger partial charge in [-0.05, 0) is 12.1 Å². The maximum atomic E-state index is 12.4. The molecule has 2 heterocycles. The highest BCUT2D eigenvalue weighted by molar-refractivity contribution is 5.74. The fourth-order valence-electron chi connectivity index (χ4n) is 2.80. The summed E-state index contributed by atoms with van der Waals surface area (Å²) >= 11 is 0. The lowest BCUT2D eigenvalue weighted by Crippen LogP contribution is -2.31. The average molecular weight is 403 g/mol. The number of hydrogen-bond donors (Lipinski definition) is 4. The van der Waals surface area contributed by atoms with E-state index in [0.717, 1.165) is 0 Å². The second-order valence-corrected chi connectivity index (χ2v) is 6.38. The molecule has 0 aliphatic rings. The van der Waals surface area contributed by atoms with E-state index in [9.17, 15) is 19.5 Å². The van der Waals surface area contributed by atoms with E-state index >= 15 is 0 Å². The first-order valence-electron chi connectivity index (χ1n) is 8.88. The van der Waals surface area contributed by atoms with Gasteiger partial charge in [0.25, 0.3) is 5.56 Å². The van der Waals surface area contributed by atoms with Gasteiger partial charge in [0.2, 0.25) is 5.95 Å². The number of nitrogens with zero attached hydrogens (tertiary/aromatic N) is 3. The van der Waals surface area contributed by atoms with Crippen LogP contribution in [-0.4, -0.2) is 54.5 Å². The molecule has 0 saturated carbocycles. The number of aromatic nitrogens is 4. The Balaban J connectivity index is 1.88. The second kappa shape index (κ2) is 8.61. The second-order valence-electron chi connectivity index (χ2n) is 6.38. The van der Waals surface area contributed by atoms with Crippen molar-refractivity contribution in [3.8, 4) is 5.75 Å². The molecule has 0 saturated heterocycles. The van der Waals surface area contributed by atoms with Gasteiger partial charge in [-0.2, -0.15) is 4.98 Å². The van der Waals surface area contributed by atoms with E-state index in [-0.39, 0.29) is 43.2 Å². The first kappa shape index (κ1) is 20.1. The van der Waals surface area contributed by atoms with Gasteiger partial charge in [-0.25, -0.2) is 4.79 Å². The van der Waals surface area contributed by atoms with E-state index in [1.54, 1.807) is 24.3 Å². The normalized spacial score (nSPS) is 12.1. The molecule has 2 aromatic heterocycles. The Morgan fingerprint density at radius 3 is 2.72 bits per heavy atom. The molecule has 0 aliphatic heterocycles. The van der Waals surface area contributed by atoms with Crippen LogP contribution in [0.1, 0.15) is 6.42 Å². The molecule has 0 spiro atoms. The van der Waals surface area contributed by atoms with Crippen LogP contribution in [0.15, 0.2) is 39.9 Å². The summed E-state index contributed by atoms with van der Waals surface area (Å²) in [7, 11) is 1.45. The first-order chi connectivity index (χ1) is 13.9. The Morgan fingerprint density at radius 2 is 2.03 bits per heavy atom. The van der Waals surface area contributed by atoms with Crippen LogP contribution in [0, 0.1) is 0 Å². The number of H-pyrrole nitrogens is 1. The predicted molar refractivity (Wildman–Crippen MR) is 104 cm³/mol. The summed E-state index contributed by atoms with van der Waals surface area (Å²) in [5.41, 5.74) is -1.08. The Bertz CT molecular complexity index is 1120. The van der Waals surface area contributed by atoms with Crippen molar-refractivity contribution in [2.75, 3.05) is 18.5 Å². The number of aliphatic hydroxyl groups excluding tert-OH is 1. The quantitative estimate of drug-likeness (QED) is 0.382. The van der Waals surface area contributed by atoms with Crippen LogP contribution < -0.4 is 21.3 Å². The minimum absolute atomic E-state index is 0.0398. The highest BCUT2D eigenvalue weighted by Crippen LogP contribution is 2.17. The number of anilines is 1. The largest absolute Gasteiger partial charge is 0.491 e. The zero-order valence-corrected chi connectivity index (χ0v) is 15.7. The number of rotatable bonds is 9. The number of para-hydroxylation sites is 1. The Labute approximate surface area is 164 Å². The van der Waals surface area contributed by atoms with E-state index in [1.165, 1.54) is 16.2 Å². The zero-order chi connectivity index (χ0) is 21.0. The van der Waals surface area contributed by atoms with E-state index in [0.29, 0.717) is 5.75 Å². The topological polar surface area (TPSA) is 151 Å². The average Bonchev–Trinajstić information content (AvgIpc) is 3.04. The van der Waals surface area contributed by atoms with Crippen LogP contribution in [0.5, 0.6) is 5.75 Å². The molecule has 29 heavy (non-hydrogen) atoms. The lowest BCUT2D eigenvalue weighted by atomic mass is 10.3. The number of aliphatic hydroxyl groups is 1. The summed E-state index contributed by atoms with van der Waals surface area (Å²) in [4.78, 5) is 41.4. The molecule has 4 N–H and O–H groups in total. The van der Waals surface area contributed by atoms with Crippen LogP contribution >= 0.6 is 0 Å². The molecule has 0 aliphatic carbocycles. The van der Waals surface area contributed by atoms with Gasteiger partial charge >= 0.3 is 11.7 Å². The number of imidazole rings is 1. The highest BCUT2D eigenvalue weighted by Gasteiger charge is 2.20. The number of aryl methyl sites for hydroxylation is 1.